The van der Waals surface area contributed by atoms with Crippen LogP contribution in [0, 0.1) is 75.5 Å². The summed E-state index contributed by atoms with van der Waals surface area (Å²) in [6, 6.07) is 0. The van der Waals surface area contributed by atoms with Crippen molar-refractivity contribution in [3.63, 3.8) is 0 Å². The molecule has 0 aromatic heterocycles. The average Bonchev–Trinajstić information content (AvgIpc) is 1.12. The SMILES string of the molecule is O=P([O-])([O-])[O-].O=P([O-])([O-])[O-].[Gd+3].[La+3]. The third-order valence-corrected chi connectivity index (χ3v) is 0. The van der Waals surface area contributed by atoms with Crippen LogP contribution in [0.1, 0.15) is 0 Å². The van der Waals surface area contributed by atoms with Crippen molar-refractivity contribution in [2.45, 2.75) is 0 Å². The van der Waals surface area contributed by atoms with Gasteiger partial charge in [-0.2, -0.15) is 15.6 Å². The zero-order chi connectivity index (χ0) is 9.00. The predicted octanol–water partition coefficient (Wildman–Crippen LogP) is -5.65. The van der Waals surface area contributed by atoms with Crippen molar-refractivity contribution in [3.05, 3.63) is 0 Å². The summed E-state index contributed by atoms with van der Waals surface area (Å²) in [5.41, 5.74) is 0. The predicted molar refractivity (Wildman–Crippen MR) is 15.2 cm³/mol. The van der Waals surface area contributed by atoms with E-state index >= 15 is 0 Å². The largest absolute Gasteiger partial charge is 3.00 e. The quantitative estimate of drug-likeness (QED) is 0.305. The molecule has 0 bridgehead atoms. The molecule has 0 saturated carbocycles. The Kier molecular flexibility index (Phi) is 20.6. The molecule has 0 unspecified atom stereocenters. The monoisotopic (exact) mass is 487 g/mol. The molecule has 0 aromatic carbocycles. The van der Waals surface area contributed by atoms with Gasteiger partial charge in [0.15, 0.2) is 0 Å². The molecule has 0 heterocycles. The molecular formula is GdLaO8P2. The van der Waals surface area contributed by atoms with Crippen molar-refractivity contribution in [2.24, 2.45) is 0 Å². The first kappa shape index (κ1) is 24.1. The Bertz CT molecular complexity index is 129. The molecule has 0 aromatic rings. The summed E-state index contributed by atoms with van der Waals surface area (Å²) in [7, 11) is -10.8. The van der Waals surface area contributed by atoms with E-state index in [9.17, 15) is 0 Å². The topological polar surface area (TPSA) is 172 Å². The van der Waals surface area contributed by atoms with Gasteiger partial charge in [0.2, 0.25) is 0 Å². The van der Waals surface area contributed by atoms with Crippen LogP contribution in [-0.4, -0.2) is 0 Å². The Morgan fingerprint density at radius 1 is 0.667 bits per heavy atom. The first-order valence-electron chi connectivity index (χ1n) is 1.46. The molecule has 0 aliphatic rings. The van der Waals surface area contributed by atoms with Crippen molar-refractivity contribution in [3.8, 4) is 0 Å². The molecule has 0 rings (SSSR count). The summed E-state index contributed by atoms with van der Waals surface area (Å²) in [5.74, 6) is 0. The van der Waals surface area contributed by atoms with Crippen molar-refractivity contribution in [2.75, 3.05) is 0 Å². The number of hydrogen-bond acceptors (Lipinski definition) is 8. The van der Waals surface area contributed by atoms with Gasteiger partial charge < -0.3 is 38.5 Å². The molecule has 69 valence electrons. The van der Waals surface area contributed by atoms with E-state index in [-0.39, 0.29) is 75.5 Å². The maximum absolute atomic E-state index is 8.55. The fraction of sp³-hybridized carbons (Fsp3) is 0. The molecule has 12 heavy (non-hydrogen) atoms. The van der Waals surface area contributed by atoms with Crippen LogP contribution in [0.25, 0.3) is 0 Å². The number of phosphoric acid groups is 2. The van der Waals surface area contributed by atoms with Crippen LogP contribution in [0.5, 0.6) is 0 Å². The van der Waals surface area contributed by atoms with Gasteiger partial charge in [0, 0.05) is 0 Å². The Hall–Kier alpha value is 2.74. The van der Waals surface area contributed by atoms with E-state index < -0.39 is 15.6 Å². The summed E-state index contributed by atoms with van der Waals surface area (Å²) in [5, 5.41) is 0. The van der Waals surface area contributed by atoms with Crippen LogP contribution in [0.2, 0.25) is 0 Å². The van der Waals surface area contributed by atoms with Gasteiger partial charge in [-0.15, -0.1) is 0 Å². The minimum Gasteiger partial charge on any atom is -0.822 e. The van der Waals surface area contributed by atoms with Gasteiger partial charge in [0.05, 0.1) is 0 Å². The second-order valence-corrected chi connectivity index (χ2v) is 2.68. The minimum absolute atomic E-state index is 0. The molecule has 0 saturated heterocycles. The van der Waals surface area contributed by atoms with Gasteiger partial charge in [0.1, 0.15) is 0 Å². The Balaban J connectivity index is -0.0000000457. The number of hydrogen-bond donors (Lipinski definition) is 0. The first-order chi connectivity index (χ1) is 4.00. The molecule has 1 radical (unpaired) electrons. The van der Waals surface area contributed by atoms with Gasteiger partial charge in [-0.3, -0.25) is 0 Å². The van der Waals surface area contributed by atoms with Crippen LogP contribution in [0.15, 0.2) is 0 Å². The molecule has 0 atom stereocenters. The molecule has 0 aliphatic heterocycles. The van der Waals surface area contributed by atoms with E-state index in [4.69, 9.17) is 38.5 Å². The zero-order valence-electron chi connectivity index (χ0n) is 5.09. The Morgan fingerprint density at radius 3 is 0.667 bits per heavy atom. The van der Waals surface area contributed by atoms with Gasteiger partial charge >= 0.3 is 75.5 Å². The standard InChI is InChI=1S/Gd.La.2H3O4P/c;;2*1-5(2,3)4/h;;2*(H3,1,2,3,4)/q2*+3;;/p-6. The second-order valence-electron chi connectivity index (χ2n) is 0.894. The van der Waals surface area contributed by atoms with E-state index in [1.807, 2.05) is 0 Å². The van der Waals surface area contributed by atoms with Crippen molar-refractivity contribution in [1.82, 2.24) is 0 Å². The molecule has 12 heteroatoms. The van der Waals surface area contributed by atoms with Crippen molar-refractivity contribution in [1.29, 1.82) is 0 Å². The van der Waals surface area contributed by atoms with Crippen LogP contribution in [0.3, 0.4) is 0 Å². The smallest absolute Gasteiger partial charge is 0.822 e. The van der Waals surface area contributed by atoms with E-state index in [2.05, 4.69) is 0 Å². The van der Waals surface area contributed by atoms with Crippen LogP contribution in [0.4, 0.5) is 0 Å². The summed E-state index contributed by atoms with van der Waals surface area (Å²) in [4.78, 5) is 51.3. The molecule has 0 spiro atoms. The second kappa shape index (κ2) is 10.3. The zero-order valence-corrected chi connectivity index (χ0v) is 12.8. The normalized spacial score (nSPS) is 9.83. The molecule has 0 aliphatic carbocycles. The Morgan fingerprint density at radius 2 is 0.667 bits per heavy atom. The molecule has 0 N–H and O–H groups in total. The molecular weight excluding hydrogens is 486 g/mol. The third-order valence-electron chi connectivity index (χ3n) is 0. The molecule has 0 fully saturated rings. The van der Waals surface area contributed by atoms with Gasteiger partial charge in [-0.05, 0) is 0 Å². The van der Waals surface area contributed by atoms with Gasteiger partial charge in [-0.25, -0.2) is 0 Å². The summed E-state index contributed by atoms with van der Waals surface area (Å²) in [6.45, 7) is 0. The van der Waals surface area contributed by atoms with E-state index in [0.29, 0.717) is 0 Å². The average molecular weight is 486 g/mol. The molecule has 0 amide bonds. The van der Waals surface area contributed by atoms with Crippen molar-refractivity contribution >= 4 is 15.6 Å². The minimum atomic E-state index is -5.39. The fourth-order valence-electron chi connectivity index (χ4n) is 0. The van der Waals surface area contributed by atoms with Crippen LogP contribution in [-0.2, 0) is 9.13 Å². The molecule has 8 nitrogen and oxygen atoms in total. The fourth-order valence-corrected chi connectivity index (χ4v) is 0. The summed E-state index contributed by atoms with van der Waals surface area (Å²) >= 11 is 0. The van der Waals surface area contributed by atoms with E-state index in [1.165, 1.54) is 0 Å². The summed E-state index contributed by atoms with van der Waals surface area (Å²) in [6.07, 6.45) is 0. The van der Waals surface area contributed by atoms with Gasteiger partial charge in [0.25, 0.3) is 0 Å². The number of rotatable bonds is 0. The maximum Gasteiger partial charge on any atom is 3.00 e. The first-order valence-corrected chi connectivity index (χ1v) is 4.38. The van der Waals surface area contributed by atoms with E-state index in [0.717, 1.165) is 0 Å². The van der Waals surface area contributed by atoms with Crippen molar-refractivity contribution < 1.29 is 114 Å². The van der Waals surface area contributed by atoms with E-state index in [1.54, 1.807) is 0 Å². The Labute approximate surface area is 128 Å². The third kappa shape index (κ3) is 234. The maximum atomic E-state index is 8.55. The summed E-state index contributed by atoms with van der Waals surface area (Å²) < 4.78 is 17.1. The van der Waals surface area contributed by atoms with Crippen LogP contribution < -0.4 is 29.4 Å². The van der Waals surface area contributed by atoms with Crippen LogP contribution >= 0.6 is 15.6 Å². The van der Waals surface area contributed by atoms with Gasteiger partial charge in [-0.1, -0.05) is 0 Å².